The summed E-state index contributed by atoms with van der Waals surface area (Å²) in [5, 5.41) is 1.99. The van der Waals surface area contributed by atoms with Gasteiger partial charge in [0, 0.05) is 16.3 Å². The Balaban J connectivity index is 2.10. The molecule has 0 spiro atoms. The molecule has 1 aliphatic heterocycles. The van der Waals surface area contributed by atoms with E-state index in [0.717, 1.165) is 34.6 Å². The zero-order chi connectivity index (χ0) is 17.6. The van der Waals surface area contributed by atoms with Crippen LogP contribution in [-0.2, 0) is 0 Å². The molecule has 1 aromatic heterocycles. The van der Waals surface area contributed by atoms with E-state index in [0.29, 0.717) is 18.4 Å². The average molecular weight is 331 g/mol. The summed E-state index contributed by atoms with van der Waals surface area (Å²) >= 11 is 0. The zero-order valence-electron chi connectivity index (χ0n) is 14.4. The average Bonchev–Trinajstić information content (AvgIpc) is 2.98. The van der Waals surface area contributed by atoms with Crippen molar-refractivity contribution in [1.29, 1.82) is 0 Å². The number of allylic oxidation sites excluding steroid dienone is 1. The highest BCUT2D eigenvalue weighted by Crippen LogP contribution is 2.44. The van der Waals surface area contributed by atoms with E-state index in [9.17, 15) is 9.59 Å². The highest BCUT2D eigenvalue weighted by Gasteiger charge is 2.49. The number of carbonyl (C=O) groups excluding carboxylic acids is 2. The van der Waals surface area contributed by atoms with Gasteiger partial charge in [-0.05, 0) is 25.0 Å². The number of Topliss-reactive ketones (excluding diaryl/α,β-unsaturated/α-hetero) is 1. The number of rotatable bonds is 5. The van der Waals surface area contributed by atoms with Crippen molar-refractivity contribution < 1.29 is 9.59 Å². The molecule has 4 rings (SSSR count). The standard InChI is InChI=1S/C22H21NO2/c1-3-5-14-22(13-4-2)20(24)17-11-8-10-16-15-9-6-7-12-18(15)23(19(16)17)21(22)25/h4,6-12H,2-3,5,13-14H2,1H3. The van der Waals surface area contributed by atoms with Gasteiger partial charge in [0.15, 0.2) is 5.78 Å². The molecule has 3 aromatic rings. The van der Waals surface area contributed by atoms with E-state index in [1.165, 1.54) is 0 Å². The quantitative estimate of drug-likeness (QED) is 0.465. The Kier molecular flexibility index (Phi) is 3.60. The Bertz CT molecular complexity index is 1030. The minimum absolute atomic E-state index is 0.0493. The van der Waals surface area contributed by atoms with Gasteiger partial charge in [-0.1, -0.05) is 56.2 Å². The molecule has 3 heteroatoms. The van der Waals surface area contributed by atoms with Crippen molar-refractivity contribution in [2.45, 2.75) is 32.6 Å². The maximum atomic E-state index is 13.6. The van der Waals surface area contributed by atoms with Gasteiger partial charge in [-0.2, -0.15) is 0 Å². The summed E-state index contributed by atoms with van der Waals surface area (Å²) in [4.78, 5) is 27.0. The molecule has 0 aliphatic carbocycles. The van der Waals surface area contributed by atoms with Crippen LogP contribution in [0.3, 0.4) is 0 Å². The Morgan fingerprint density at radius 1 is 1.08 bits per heavy atom. The maximum Gasteiger partial charge on any atom is 0.246 e. The summed E-state index contributed by atoms with van der Waals surface area (Å²) in [7, 11) is 0. The first kappa shape index (κ1) is 15.8. The Labute approximate surface area is 146 Å². The molecule has 0 saturated carbocycles. The fourth-order valence-electron chi connectivity index (χ4n) is 4.21. The predicted octanol–water partition coefficient (Wildman–Crippen LogP) is 5.38. The summed E-state index contributed by atoms with van der Waals surface area (Å²) in [6, 6.07) is 13.7. The van der Waals surface area contributed by atoms with Gasteiger partial charge in [-0.25, -0.2) is 0 Å². The molecule has 2 aromatic carbocycles. The van der Waals surface area contributed by atoms with E-state index in [1.807, 2.05) is 42.5 Å². The van der Waals surface area contributed by atoms with Crippen LogP contribution in [0.15, 0.2) is 55.1 Å². The highest BCUT2D eigenvalue weighted by atomic mass is 16.2. The van der Waals surface area contributed by atoms with E-state index >= 15 is 0 Å². The third-order valence-electron chi connectivity index (χ3n) is 5.44. The monoisotopic (exact) mass is 331 g/mol. The lowest BCUT2D eigenvalue weighted by Crippen LogP contribution is -2.45. The maximum absolute atomic E-state index is 13.6. The third kappa shape index (κ3) is 1.98. The number of nitrogens with zero attached hydrogens (tertiary/aromatic N) is 1. The molecule has 1 unspecified atom stereocenters. The van der Waals surface area contributed by atoms with Crippen molar-refractivity contribution in [3.05, 3.63) is 60.7 Å². The largest absolute Gasteiger partial charge is 0.293 e. The first-order valence-corrected chi connectivity index (χ1v) is 8.88. The molecule has 0 radical (unpaired) electrons. The normalized spacial score (nSPS) is 19.7. The second-order valence-electron chi connectivity index (χ2n) is 6.87. The number of unbranched alkanes of at least 4 members (excludes halogenated alkanes) is 1. The van der Waals surface area contributed by atoms with Gasteiger partial charge in [0.2, 0.25) is 5.91 Å². The van der Waals surface area contributed by atoms with Gasteiger partial charge in [-0.15, -0.1) is 6.58 Å². The highest BCUT2D eigenvalue weighted by molar-refractivity contribution is 6.29. The molecule has 1 atom stereocenters. The van der Waals surface area contributed by atoms with Crippen LogP contribution >= 0.6 is 0 Å². The summed E-state index contributed by atoms with van der Waals surface area (Å²) in [5.41, 5.74) is 1.27. The summed E-state index contributed by atoms with van der Waals surface area (Å²) in [5.74, 6) is -0.150. The van der Waals surface area contributed by atoms with E-state index in [4.69, 9.17) is 0 Å². The van der Waals surface area contributed by atoms with Crippen molar-refractivity contribution in [2.75, 3.05) is 0 Å². The van der Waals surface area contributed by atoms with Crippen LogP contribution in [-0.4, -0.2) is 16.3 Å². The molecule has 0 N–H and O–H groups in total. The number of carbonyl (C=O) groups is 2. The lowest BCUT2D eigenvalue weighted by Gasteiger charge is -2.34. The lowest BCUT2D eigenvalue weighted by molar-refractivity contribution is 0.0579. The smallest absolute Gasteiger partial charge is 0.246 e. The fourth-order valence-corrected chi connectivity index (χ4v) is 4.21. The second-order valence-corrected chi connectivity index (χ2v) is 6.87. The summed E-state index contributed by atoms with van der Waals surface area (Å²) in [6.07, 6.45) is 4.45. The molecule has 3 nitrogen and oxygen atoms in total. The van der Waals surface area contributed by atoms with Crippen LogP contribution in [0, 0.1) is 5.41 Å². The molecule has 2 heterocycles. The van der Waals surface area contributed by atoms with E-state index in [2.05, 4.69) is 13.5 Å². The second kappa shape index (κ2) is 5.69. The molecule has 1 aliphatic rings. The van der Waals surface area contributed by atoms with Crippen LogP contribution in [0.5, 0.6) is 0 Å². The van der Waals surface area contributed by atoms with Gasteiger partial charge in [0.1, 0.15) is 5.41 Å². The molecule has 0 amide bonds. The fraction of sp³-hybridized carbons (Fsp3) is 0.273. The minimum atomic E-state index is -1.03. The first-order valence-electron chi connectivity index (χ1n) is 8.88. The molecule has 25 heavy (non-hydrogen) atoms. The Hall–Kier alpha value is -2.68. The molecule has 126 valence electrons. The zero-order valence-corrected chi connectivity index (χ0v) is 14.4. The van der Waals surface area contributed by atoms with Gasteiger partial charge in [-0.3, -0.25) is 14.2 Å². The SMILES string of the molecule is C=CCC1(CCCC)C(=O)c2cccc3c4ccccc4n(c23)C1=O. The molecular weight excluding hydrogens is 310 g/mol. The lowest BCUT2D eigenvalue weighted by atomic mass is 9.71. The van der Waals surface area contributed by atoms with Gasteiger partial charge in [0.05, 0.1) is 11.0 Å². The van der Waals surface area contributed by atoms with Gasteiger partial charge >= 0.3 is 0 Å². The number of benzene rings is 2. The van der Waals surface area contributed by atoms with Gasteiger partial charge in [0.25, 0.3) is 0 Å². The Morgan fingerprint density at radius 3 is 2.60 bits per heavy atom. The van der Waals surface area contributed by atoms with Crippen molar-refractivity contribution in [3.63, 3.8) is 0 Å². The first-order chi connectivity index (χ1) is 12.2. The van der Waals surface area contributed by atoms with E-state index < -0.39 is 5.41 Å². The van der Waals surface area contributed by atoms with Crippen molar-refractivity contribution in [2.24, 2.45) is 5.41 Å². The van der Waals surface area contributed by atoms with Crippen LogP contribution < -0.4 is 0 Å². The number of fused-ring (bicyclic) bond motifs is 3. The minimum Gasteiger partial charge on any atom is -0.293 e. The number of hydrogen-bond donors (Lipinski definition) is 0. The van der Waals surface area contributed by atoms with Crippen molar-refractivity contribution >= 4 is 33.5 Å². The van der Waals surface area contributed by atoms with E-state index in [1.54, 1.807) is 10.6 Å². The predicted molar refractivity (Wildman–Crippen MR) is 101 cm³/mol. The van der Waals surface area contributed by atoms with E-state index in [-0.39, 0.29) is 11.7 Å². The number of para-hydroxylation sites is 2. The topological polar surface area (TPSA) is 39.1 Å². The molecular formula is C22H21NO2. The number of ketones is 1. The summed E-state index contributed by atoms with van der Waals surface area (Å²) < 4.78 is 1.78. The molecule has 0 fully saturated rings. The van der Waals surface area contributed by atoms with Gasteiger partial charge < -0.3 is 0 Å². The van der Waals surface area contributed by atoms with Crippen LogP contribution in [0.2, 0.25) is 0 Å². The number of aromatic nitrogens is 1. The van der Waals surface area contributed by atoms with Crippen LogP contribution in [0.4, 0.5) is 0 Å². The number of hydrogen-bond acceptors (Lipinski definition) is 2. The third-order valence-corrected chi connectivity index (χ3v) is 5.44. The summed E-state index contributed by atoms with van der Waals surface area (Å²) in [6.45, 7) is 5.90. The molecule has 0 saturated heterocycles. The Morgan fingerprint density at radius 2 is 1.84 bits per heavy atom. The molecule has 0 bridgehead atoms. The van der Waals surface area contributed by atoms with Crippen LogP contribution in [0.25, 0.3) is 21.8 Å². The van der Waals surface area contributed by atoms with Crippen LogP contribution in [0.1, 0.15) is 47.8 Å². The van der Waals surface area contributed by atoms with Crippen molar-refractivity contribution in [1.82, 2.24) is 4.57 Å². The van der Waals surface area contributed by atoms with Crippen molar-refractivity contribution in [3.8, 4) is 0 Å².